The lowest BCUT2D eigenvalue weighted by Gasteiger charge is -2.28. The minimum atomic E-state index is -0.911. The van der Waals surface area contributed by atoms with E-state index in [1.165, 1.54) is 0 Å². The molecule has 2 rings (SSSR count). The number of nitrogens with zero attached hydrogens (tertiary/aromatic N) is 3. The van der Waals surface area contributed by atoms with Gasteiger partial charge in [0.1, 0.15) is 0 Å². The maximum absolute atomic E-state index is 12.6. The molecule has 0 bridgehead atoms. The van der Waals surface area contributed by atoms with Gasteiger partial charge in [-0.1, -0.05) is 6.07 Å². The van der Waals surface area contributed by atoms with Crippen LogP contribution in [0.25, 0.3) is 5.69 Å². The predicted octanol–water partition coefficient (Wildman–Crippen LogP) is 2.11. The van der Waals surface area contributed by atoms with Gasteiger partial charge in [0.2, 0.25) is 0 Å². The topological polar surface area (TPSA) is 58.4 Å². The maximum atomic E-state index is 12.6. The first-order chi connectivity index (χ1) is 9.90. The Kier molecular flexibility index (Phi) is 4.43. The van der Waals surface area contributed by atoms with Crippen LogP contribution in [0.3, 0.4) is 0 Å². The van der Waals surface area contributed by atoms with E-state index in [0.29, 0.717) is 18.7 Å². The van der Waals surface area contributed by atoms with Crippen LogP contribution in [-0.2, 0) is 0 Å². The maximum Gasteiger partial charge on any atom is 0.254 e. The summed E-state index contributed by atoms with van der Waals surface area (Å²) in [5.74, 6) is -0.0892. The highest BCUT2D eigenvalue weighted by molar-refractivity contribution is 5.94. The van der Waals surface area contributed by atoms with Gasteiger partial charge in [-0.05, 0) is 45.0 Å². The Bertz CT molecular complexity index is 600. The summed E-state index contributed by atoms with van der Waals surface area (Å²) in [5.41, 5.74) is 0.518. The minimum absolute atomic E-state index is 0.0892. The Morgan fingerprint density at radius 3 is 2.71 bits per heavy atom. The summed E-state index contributed by atoms with van der Waals surface area (Å²) in [6, 6.07) is 9.16. The van der Waals surface area contributed by atoms with Crippen molar-refractivity contribution in [2.45, 2.75) is 26.4 Å². The zero-order chi connectivity index (χ0) is 15.5. The van der Waals surface area contributed by atoms with E-state index < -0.39 is 5.60 Å². The number of carbonyl (C=O) groups excluding carboxylic acids is 1. The number of amides is 1. The lowest BCUT2D eigenvalue weighted by Crippen LogP contribution is -2.42. The number of rotatable bonds is 5. The van der Waals surface area contributed by atoms with Gasteiger partial charge < -0.3 is 10.0 Å². The van der Waals surface area contributed by atoms with Crippen LogP contribution in [0.15, 0.2) is 42.7 Å². The minimum Gasteiger partial charge on any atom is -0.389 e. The summed E-state index contributed by atoms with van der Waals surface area (Å²) >= 11 is 0. The van der Waals surface area contributed by atoms with Gasteiger partial charge in [0.15, 0.2) is 0 Å². The molecule has 0 spiro atoms. The molecule has 1 aromatic heterocycles. The van der Waals surface area contributed by atoms with Crippen LogP contribution in [0.4, 0.5) is 0 Å². The zero-order valence-corrected chi connectivity index (χ0v) is 12.7. The quantitative estimate of drug-likeness (QED) is 0.916. The average Bonchev–Trinajstić information content (AvgIpc) is 2.97. The van der Waals surface area contributed by atoms with E-state index in [-0.39, 0.29) is 5.91 Å². The third-order valence-corrected chi connectivity index (χ3v) is 3.11. The summed E-state index contributed by atoms with van der Waals surface area (Å²) < 4.78 is 1.71. The molecule has 1 aromatic carbocycles. The molecule has 1 N–H and O–H groups in total. The molecule has 0 radical (unpaired) electrons. The molecule has 0 aliphatic rings. The van der Waals surface area contributed by atoms with Crippen LogP contribution in [0.1, 0.15) is 31.1 Å². The standard InChI is InChI=1S/C16H21N3O2/c1-4-18(12-16(2,3)21)15(20)13-7-5-8-14(11-13)19-10-6-9-17-19/h5-11,21H,4,12H2,1-3H3. The molecule has 5 nitrogen and oxygen atoms in total. The van der Waals surface area contributed by atoms with Gasteiger partial charge in [0.05, 0.1) is 11.3 Å². The van der Waals surface area contributed by atoms with E-state index in [1.54, 1.807) is 35.7 Å². The van der Waals surface area contributed by atoms with Crippen molar-refractivity contribution in [1.29, 1.82) is 0 Å². The molecule has 112 valence electrons. The highest BCUT2D eigenvalue weighted by Gasteiger charge is 2.22. The molecule has 0 saturated heterocycles. The third kappa shape index (κ3) is 3.92. The van der Waals surface area contributed by atoms with Crippen molar-refractivity contribution in [3.05, 3.63) is 48.3 Å². The number of aromatic nitrogens is 2. The van der Waals surface area contributed by atoms with Gasteiger partial charge in [-0.25, -0.2) is 4.68 Å². The summed E-state index contributed by atoms with van der Waals surface area (Å²) in [6.45, 7) is 6.15. The van der Waals surface area contributed by atoms with Crippen molar-refractivity contribution < 1.29 is 9.90 Å². The number of hydrogen-bond acceptors (Lipinski definition) is 3. The van der Waals surface area contributed by atoms with Crippen LogP contribution in [0, 0.1) is 0 Å². The third-order valence-electron chi connectivity index (χ3n) is 3.11. The second-order valence-electron chi connectivity index (χ2n) is 5.63. The van der Waals surface area contributed by atoms with Crippen molar-refractivity contribution in [1.82, 2.24) is 14.7 Å². The summed E-state index contributed by atoms with van der Waals surface area (Å²) in [5, 5.41) is 14.1. The second kappa shape index (κ2) is 6.10. The average molecular weight is 287 g/mol. The molecule has 0 unspecified atom stereocenters. The SMILES string of the molecule is CCN(CC(C)(C)O)C(=O)c1cccc(-n2cccn2)c1. The first-order valence-corrected chi connectivity index (χ1v) is 7.02. The van der Waals surface area contributed by atoms with Crippen LogP contribution < -0.4 is 0 Å². The van der Waals surface area contributed by atoms with Crippen molar-refractivity contribution >= 4 is 5.91 Å². The van der Waals surface area contributed by atoms with E-state index in [1.807, 2.05) is 37.4 Å². The Morgan fingerprint density at radius 2 is 2.14 bits per heavy atom. The molecule has 0 aliphatic carbocycles. The van der Waals surface area contributed by atoms with Crippen molar-refractivity contribution in [2.24, 2.45) is 0 Å². The number of likely N-dealkylation sites (N-methyl/N-ethyl adjacent to an activating group) is 1. The van der Waals surface area contributed by atoms with Gasteiger partial charge in [-0.3, -0.25) is 4.79 Å². The van der Waals surface area contributed by atoms with Gasteiger partial charge in [0, 0.05) is 31.0 Å². The van der Waals surface area contributed by atoms with Crippen LogP contribution in [0.5, 0.6) is 0 Å². The molecular weight excluding hydrogens is 266 g/mol. The molecule has 5 heteroatoms. The normalized spacial score (nSPS) is 11.4. The summed E-state index contributed by atoms with van der Waals surface area (Å²) in [4.78, 5) is 14.2. The van der Waals surface area contributed by atoms with E-state index in [4.69, 9.17) is 0 Å². The molecule has 0 aliphatic heterocycles. The summed E-state index contributed by atoms with van der Waals surface area (Å²) in [7, 11) is 0. The highest BCUT2D eigenvalue weighted by Crippen LogP contribution is 2.14. The van der Waals surface area contributed by atoms with Gasteiger partial charge in [0.25, 0.3) is 5.91 Å². The molecule has 0 fully saturated rings. The number of hydrogen-bond donors (Lipinski definition) is 1. The van der Waals surface area contributed by atoms with Gasteiger partial charge >= 0.3 is 0 Å². The van der Waals surface area contributed by atoms with Crippen molar-refractivity contribution in [2.75, 3.05) is 13.1 Å². The fraction of sp³-hybridized carbons (Fsp3) is 0.375. The Labute approximate surface area is 124 Å². The van der Waals surface area contributed by atoms with Crippen molar-refractivity contribution in [3.63, 3.8) is 0 Å². The predicted molar refractivity (Wildman–Crippen MR) is 81.4 cm³/mol. The van der Waals surface area contributed by atoms with Gasteiger partial charge in [-0.2, -0.15) is 5.10 Å². The molecular formula is C16H21N3O2. The molecule has 0 atom stereocenters. The molecule has 1 heterocycles. The van der Waals surface area contributed by atoms with E-state index >= 15 is 0 Å². The summed E-state index contributed by atoms with van der Waals surface area (Å²) in [6.07, 6.45) is 3.53. The van der Waals surface area contributed by atoms with Crippen molar-refractivity contribution in [3.8, 4) is 5.69 Å². The van der Waals surface area contributed by atoms with Crippen LogP contribution in [0.2, 0.25) is 0 Å². The molecule has 1 amide bonds. The highest BCUT2D eigenvalue weighted by atomic mass is 16.3. The van der Waals surface area contributed by atoms with E-state index in [0.717, 1.165) is 5.69 Å². The zero-order valence-electron chi connectivity index (χ0n) is 12.7. The largest absolute Gasteiger partial charge is 0.389 e. The monoisotopic (exact) mass is 287 g/mol. The van der Waals surface area contributed by atoms with Crippen LogP contribution >= 0.6 is 0 Å². The first-order valence-electron chi connectivity index (χ1n) is 7.02. The molecule has 21 heavy (non-hydrogen) atoms. The Balaban J connectivity index is 2.24. The fourth-order valence-electron chi connectivity index (χ4n) is 2.18. The number of benzene rings is 1. The molecule has 2 aromatic rings. The number of aliphatic hydroxyl groups is 1. The first kappa shape index (κ1) is 15.3. The Morgan fingerprint density at radius 1 is 1.38 bits per heavy atom. The smallest absolute Gasteiger partial charge is 0.254 e. The second-order valence-corrected chi connectivity index (χ2v) is 5.63. The lowest BCUT2D eigenvalue weighted by atomic mass is 10.1. The molecule has 0 saturated carbocycles. The van der Waals surface area contributed by atoms with Gasteiger partial charge in [-0.15, -0.1) is 0 Å². The fourth-order valence-corrected chi connectivity index (χ4v) is 2.18. The Hall–Kier alpha value is -2.14. The van der Waals surface area contributed by atoms with E-state index in [9.17, 15) is 9.90 Å². The van der Waals surface area contributed by atoms with Crippen LogP contribution in [-0.4, -0.2) is 44.4 Å². The lowest BCUT2D eigenvalue weighted by molar-refractivity contribution is 0.0314. The van der Waals surface area contributed by atoms with E-state index in [2.05, 4.69) is 5.10 Å². The number of carbonyl (C=O) groups is 1.